The van der Waals surface area contributed by atoms with Crippen LogP contribution in [0.3, 0.4) is 0 Å². The molecule has 1 aliphatic rings. The molecule has 0 radical (unpaired) electrons. The zero-order chi connectivity index (χ0) is 14.4. The molecule has 0 saturated carbocycles. The van der Waals surface area contributed by atoms with E-state index in [4.69, 9.17) is 5.73 Å². The minimum absolute atomic E-state index is 0.0595. The van der Waals surface area contributed by atoms with Crippen LogP contribution in [0.15, 0.2) is 12.3 Å². The molecule has 1 aliphatic heterocycles. The molecule has 0 unspecified atom stereocenters. The van der Waals surface area contributed by atoms with Crippen LogP contribution in [-0.4, -0.2) is 39.2 Å². The summed E-state index contributed by atoms with van der Waals surface area (Å²) in [6.07, 6.45) is 1.78. The lowest BCUT2D eigenvalue weighted by Gasteiger charge is -2.49. The number of hydrogen-bond donors (Lipinski definition) is 2. The molecule has 2 heterocycles. The van der Waals surface area contributed by atoms with Crippen molar-refractivity contribution in [2.45, 2.75) is 39.3 Å². The maximum atomic E-state index is 12.4. The lowest BCUT2D eigenvalue weighted by molar-refractivity contribution is -0.111. The second-order valence-electron chi connectivity index (χ2n) is 6.08. The largest absolute Gasteiger partial charge is 0.397 e. The third kappa shape index (κ3) is 2.34. The van der Waals surface area contributed by atoms with Gasteiger partial charge in [0.1, 0.15) is 11.3 Å². The predicted molar refractivity (Wildman–Crippen MR) is 74.9 cm³/mol. The van der Waals surface area contributed by atoms with E-state index in [2.05, 4.69) is 0 Å². The number of aromatic nitrogens is 1. The topological polar surface area (TPSA) is 71.5 Å². The van der Waals surface area contributed by atoms with Crippen molar-refractivity contribution < 1.29 is 9.90 Å². The average Bonchev–Trinajstić information content (AvgIpc) is 2.66. The van der Waals surface area contributed by atoms with Crippen LogP contribution in [0.1, 0.15) is 44.2 Å². The van der Waals surface area contributed by atoms with Gasteiger partial charge in [0.15, 0.2) is 0 Å². The van der Waals surface area contributed by atoms with E-state index < -0.39 is 5.60 Å². The van der Waals surface area contributed by atoms with Crippen LogP contribution in [0.25, 0.3) is 0 Å². The standard InChI is InChI=1S/C14H23N3O2/c1-9(2)14(19)7-16(8-14)13(18)12-5-11(15)6-17(12)10(3)4/h5-6,9-10,19H,7-8,15H2,1-4H3. The highest BCUT2D eigenvalue weighted by Crippen LogP contribution is 2.30. The van der Waals surface area contributed by atoms with Gasteiger partial charge < -0.3 is 20.3 Å². The average molecular weight is 265 g/mol. The zero-order valence-corrected chi connectivity index (χ0v) is 12.1. The number of nitrogens with zero attached hydrogens (tertiary/aromatic N) is 2. The van der Waals surface area contributed by atoms with Crippen LogP contribution in [0.5, 0.6) is 0 Å². The molecule has 1 aromatic heterocycles. The maximum absolute atomic E-state index is 12.4. The first-order chi connectivity index (χ1) is 8.74. The van der Waals surface area contributed by atoms with Gasteiger partial charge >= 0.3 is 0 Å². The number of β-amino-alcohol motifs (C(OH)–C–C–N with tert-alkyl or cyclic N) is 1. The molecular weight excluding hydrogens is 242 g/mol. The lowest BCUT2D eigenvalue weighted by atomic mass is 9.83. The molecule has 5 heteroatoms. The molecular formula is C14H23N3O2. The Balaban J connectivity index is 2.15. The fourth-order valence-corrected chi connectivity index (χ4v) is 2.38. The number of nitrogen functional groups attached to an aromatic ring is 1. The summed E-state index contributed by atoms with van der Waals surface area (Å²) in [4.78, 5) is 14.1. The van der Waals surface area contributed by atoms with Gasteiger partial charge in [-0.1, -0.05) is 13.8 Å². The normalized spacial score (nSPS) is 17.9. The highest BCUT2D eigenvalue weighted by molar-refractivity contribution is 5.94. The van der Waals surface area contributed by atoms with E-state index in [0.717, 1.165) is 0 Å². The molecule has 0 aromatic carbocycles. The quantitative estimate of drug-likeness (QED) is 0.870. The van der Waals surface area contributed by atoms with E-state index >= 15 is 0 Å². The number of likely N-dealkylation sites (tertiary alicyclic amines) is 1. The second kappa shape index (κ2) is 4.56. The molecule has 3 N–H and O–H groups in total. The summed E-state index contributed by atoms with van der Waals surface area (Å²) in [7, 11) is 0. The smallest absolute Gasteiger partial charge is 0.270 e. The van der Waals surface area contributed by atoms with Crippen LogP contribution < -0.4 is 5.73 Å². The van der Waals surface area contributed by atoms with E-state index in [-0.39, 0.29) is 17.9 Å². The van der Waals surface area contributed by atoms with Crippen molar-refractivity contribution in [3.05, 3.63) is 18.0 Å². The van der Waals surface area contributed by atoms with Crippen LogP contribution >= 0.6 is 0 Å². The zero-order valence-electron chi connectivity index (χ0n) is 12.1. The minimum atomic E-state index is -0.740. The Morgan fingerprint density at radius 3 is 2.42 bits per heavy atom. The summed E-state index contributed by atoms with van der Waals surface area (Å²) in [5.41, 5.74) is 6.23. The number of carbonyl (C=O) groups excluding carboxylic acids is 1. The number of aliphatic hydroxyl groups is 1. The van der Waals surface area contributed by atoms with Gasteiger partial charge in [-0.25, -0.2) is 0 Å². The maximum Gasteiger partial charge on any atom is 0.270 e. The Morgan fingerprint density at radius 1 is 1.37 bits per heavy atom. The number of nitrogens with two attached hydrogens (primary N) is 1. The summed E-state index contributed by atoms with van der Waals surface area (Å²) in [6, 6.07) is 1.89. The molecule has 1 aromatic rings. The van der Waals surface area contributed by atoms with Gasteiger partial charge in [-0.15, -0.1) is 0 Å². The molecule has 19 heavy (non-hydrogen) atoms. The fourth-order valence-electron chi connectivity index (χ4n) is 2.38. The molecule has 5 nitrogen and oxygen atoms in total. The summed E-state index contributed by atoms with van der Waals surface area (Å²) in [5.74, 6) is 0.0919. The van der Waals surface area contributed by atoms with Gasteiger partial charge in [0.2, 0.25) is 0 Å². The third-order valence-electron chi connectivity index (χ3n) is 3.94. The van der Waals surface area contributed by atoms with E-state index in [9.17, 15) is 9.90 Å². The van der Waals surface area contributed by atoms with Gasteiger partial charge in [-0.2, -0.15) is 0 Å². The van der Waals surface area contributed by atoms with Crippen molar-refractivity contribution in [2.24, 2.45) is 5.92 Å². The Hall–Kier alpha value is -1.49. The monoisotopic (exact) mass is 265 g/mol. The summed E-state index contributed by atoms with van der Waals surface area (Å²) < 4.78 is 1.88. The molecule has 0 bridgehead atoms. The summed E-state index contributed by atoms with van der Waals surface area (Å²) >= 11 is 0. The first-order valence-corrected chi connectivity index (χ1v) is 6.73. The number of carbonyl (C=O) groups is 1. The van der Waals surface area contributed by atoms with Crippen molar-refractivity contribution in [2.75, 3.05) is 18.8 Å². The van der Waals surface area contributed by atoms with E-state index in [1.165, 1.54) is 0 Å². The second-order valence-corrected chi connectivity index (χ2v) is 6.08. The lowest BCUT2D eigenvalue weighted by Crippen LogP contribution is -2.66. The van der Waals surface area contributed by atoms with Crippen molar-refractivity contribution in [3.8, 4) is 0 Å². The minimum Gasteiger partial charge on any atom is -0.397 e. The fraction of sp³-hybridized carbons (Fsp3) is 0.643. The van der Waals surface area contributed by atoms with Crippen LogP contribution in [0.4, 0.5) is 5.69 Å². The molecule has 1 saturated heterocycles. The molecule has 0 spiro atoms. The highest BCUT2D eigenvalue weighted by Gasteiger charge is 2.46. The molecule has 1 amide bonds. The molecule has 0 aliphatic carbocycles. The number of hydrogen-bond acceptors (Lipinski definition) is 3. The van der Waals surface area contributed by atoms with E-state index in [0.29, 0.717) is 24.5 Å². The Bertz CT molecular complexity index is 485. The summed E-state index contributed by atoms with van der Waals surface area (Å²) in [6.45, 7) is 8.75. The number of amides is 1. The van der Waals surface area contributed by atoms with Gasteiger partial charge in [-0.05, 0) is 25.8 Å². The first kappa shape index (κ1) is 13.9. The van der Waals surface area contributed by atoms with Crippen LogP contribution in [0.2, 0.25) is 0 Å². The van der Waals surface area contributed by atoms with Crippen molar-refractivity contribution >= 4 is 11.6 Å². The Kier molecular flexibility index (Phi) is 3.34. The molecule has 0 atom stereocenters. The van der Waals surface area contributed by atoms with Crippen molar-refractivity contribution in [1.82, 2.24) is 9.47 Å². The molecule has 2 rings (SSSR count). The highest BCUT2D eigenvalue weighted by atomic mass is 16.3. The molecule has 1 fully saturated rings. The van der Waals surface area contributed by atoms with Gasteiger partial charge in [-0.3, -0.25) is 4.79 Å². The predicted octanol–water partition coefficient (Wildman–Crippen LogP) is 1.49. The van der Waals surface area contributed by atoms with Crippen LogP contribution in [0, 0.1) is 5.92 Å². The number of rotatable bonds is 3. The number of anilines is 1. The van der Waals surface area contributed by atoms with E-state index in [1.54, 1.807) is 17.2 Å². The van der Waals surface area contributed by atoms with Crippen molar-refractivity contribution in [1.29, 1.82) is 0 Å². The third-order valence-corrected chi connectivity index (χ3v) is 3.94. The van der Waals surface area contributed by atoms with Gasteiger partial charge in [0.25, 0.3) is 5.91 Å². The van der Waals surface area contributed by atoms with Crippen LogP contribution in [-0.2, 0) is 0 Å². The summed E-state index contributed by atoms with van der Waals surface area (Å²) in [5, 5.41) is 10.2. The SMILES string of the molecule is CC(C)n1cc(N)cc1C(=O)N1CC(O)(C(C)C)C1. The Morgan fingerprint density at radius 2 is 1.95 bits per heavy atom. The van der Waals surface area contributed by atoms with Gasteiger partial charge in [0, 0.05) is 12.2 Å². The van der Waals surface area contributed by atoms with Gasteiger partial charge in [0.05, 0.1) is 18.8 Å². The Labute approximate surface area is 114 Å². The van der Waals surface area contributed by atoms with E-state index in [1.807, 2.05) is 32.3 Å². The first-order valence-electron chi connectivity index (χ1n) is 6.73. The molecule has 106 valence electrons. The van der Waals surface area contributed by atoms with Crippen molar-refractivity contribution in [3.63, 3.8) is 0 Å².